The first kappa shape index (κ1) is 19.2. The van der Waals surface area contributed by atoms with E-state index in [-0.39, 0.29) is 18.4 Å². The molecule has 0 saturated carbocycles. The van der Waals surface area contributed by atoms with Gasteiger partial charge in [-0.15, -0.1) is 0 Å². The highest BCUT2D eigenvalue weighted by atomic mass is 16.5. The molecular formula is C23H22N2O3. The van der Waals surface area contributed by atoms with Gasteiger partial charge in [-0.3, -0.25) is 9.59 Å². The number of carbonyl (C=O) groups is 2. The molecule has 0 aliphatic carbocycles. The molecule has 3 aromatic rings. The molecule has 28 heavy (non-hydrogen) atoms. The fraction of sp³-hybridized carbons (Fsp3) is 0.130. The van der Waals surface area contributed by atoms with Crippen molar-refractivity contribution in [1.82, 2.24) is 5.32 Å². The number of carbonyl (C=O) groups excluding carboxylic acids is 2. The van der Waals surface area contributed by atoms with Crippen LogP contribution in [0.4, 0.5) is 5.69 Å². The van der Waals surface area contributed by atoms with E-state index in [1.54, 1.807) is 36.3 Å². The number of rotatable bonds is 7. The van der Waals surface area contributed by atoms with Crippen molar-refractivity contribution in [2.45, 2.75) is 6.54 Å². The van der Waals surface area contributed by atoms with Gasteiger partial charge in [-0.2, -0.15) is 0 Å². The second kappa shape index (κ2) is 9.37. The quantitative estimate of drug-likeness (QED) is 0.687. The van der Waals surface area contributed by atoms with Crippen LogP contribution in [-0.2, 0) is 11.3 Å². The molecular weight excluding hydrogens is 352 g/mol. The average molecular weight is 374 g/mol. The van der Waals surface area contributed by atoms with E-state index in [0.717, 1.165) is 11.3 Å². The minimum atomic E-state index is -0.302. The number of amides is 2. The number of hydrogen-bond acceptors (Lipinski definition) is 3. The Morgan fingerprint density at radius 3 is 2.07 bits per heavy atom. The zero-order chi connectivity index (χ0) is 19.8. The fourth-order valence-corrected chi connectivity index (χ4v) is 2.79. The summed E-state index contributed by atoms with van der Waals surface area (Å²) in [7, 11) is 1.57. The first-order valence-corrected chi connectivity index (χ1v) is 8.99. The molecule has 0 bridgehead atoms. The van der Waals surface area contributed by atoms with Gasteiger partial charge in [0.1, 0.15) is 5.75 Å². The molecule has 3 aromatic carbocycles. The molecule has 0 heterocycles. The molecule has 0 radical (unpaired) electrons. The van der Waals surface area contributed by atoms with Gasteiger partial charge in [-0.25, -0.2) is 0 Å². The normalized spacial score (nSPS) is 10.2. The van der Waals surface area contributed by atoms with Crippen molar-refractivity contribution < 1.29 is 14.3 Å². The van der Waals surface area contributed by atoms with Crippen molar-refractivity contribution in [2.24, 2.45) is 0 Å². The lowest BCUT2D eigenvalue weighted by molar-refractivity contribution is -0.117. The number of para-hydroxylation sites is 1. The Morgan fingerprint density at radius 2 is 1.46 bits per heavy atom. The maximum Gasteiger partial charge on any atom is 0.251 e. The van der Waals surface area contributed by atoms with Gasteiger partial charge in [0.05, 0.1) is 20.2 Å². The molecule has 0 aliphatic rings. The van der Waals surface area contributed by atoms with Crippen LogP contribution in [0.15, 0.2) is 84.9 Å². The Labute approximate surface area is 164 Å². The lowest BCUT2D eigenvalue weighted by atomic mass is 10.2. The lowest BCUT2D eigenvalue weighted by Gasteiger charge is -2.23. The first-order valence-electron chi connectivity index (χ1n) is 8.99. The summed E-state index contributed by atoms with van der Waals surface area (Å²) >= 11 is 0. The van der Waals surface area contributed by atoms with Crippen molar-refractivity contribution in [2.75, 3.05) is 18.6 Å². The predicted octanol–water partition coefficient (Wildman–Crippen LogP) is 3.66. The van der Waals surface area contributed by atoms with Crippen LogP contribution in [0.3, 0.4) is 0 Å². The smallest absolute Gasteiger partial charge is 0.251 e. The summed E-state index contributed by atoms with van der Waals surface area (Å²) in [6, 6.07) is 25.9. The van der Waals surface area contributed by atoms with E-state index in [9.17, 15) is 9.59 Å². The van der Waals surface area contributed by atoms with Gasteiger partial charge in [0, 0.05) is 11.3 Å². The van der Waals surface area contributed by atoms with E-state index in [0.29, 0.717) is 17.9 Å². The molecule has 0 spiro atoms. The van der Waals surface area contributed by atoms with Gasteiger partial charge in [0.15, 0.2) is 0 Å². The van der Waals surface area contributed by atoms with Crippen molar-refractivity contribution in [3.05, 3.63) is 96.1 Å². The maximum absolute atomic E-state index is 12.9. The zero-order valence-electron chi connectivity index (χ0n) is 15.7. The molecule has 5 nitrogen and oxygen atoms in total. The Kier molecular flexibility index (Phi) is 6.41. The second-order valence-electron chi connectivity index (χ2n) is 6.21. The molecule has 5 heteroatoms. The van der Waals surface area contributed by atoms with E-state index in [2.05, 4.69) is 5.32 Å². The Bertz CT molecular complexity index is 910. The molecule has 0 unspecified atom stereocenters. The summed E-state index contributed by atoms with van der Waals surface area (Å²) in [4.78, 5) is 26.9. The van der Waals surface area contributed by atoms with Gasteiger partial charge in [-0.05, 0) is 42.0 Å². The van der Waals surface area contributed by atoms with Crippen LogP contribution in [0.1, 0.15) is 15.9 Å². The maximum atomic E-state index is 12.9. The molecule has 3 rings (SSSR count). The monoisotopic (exact) mass is 374 g/mol. The van der Waals surface area contributed by atoms with Crippen molar-refractivity contribution in [1.29, 1.82) is 0 Å². The molecule has 142 valence electrons. The van der Waals surface area contributed by atoms with Gasteiger partial charge >= 0.3 is 0 Å². The summed E-state index contributed by atoms with van der Waals surface area (Å²) < 4.78 is 5.09. The van der Waals surface area contributed by atoms with Gasteiger partial charge < -0.3 is 15.0 Å². The predicted molar refractivity (Wildman–Crippen MR) is 109 cm³/mol. The van der Waals surface area contributed by atoms with E-state index in [1.165, 1.54) is 0 Å². The number of benzene rings is 3. The van der Waals surface area contributed by atoms with Gasteiger partial charge in [-0.1, -0.05) is 48.5 Å². The fourth-order valence-electron chi connectivity index (χ4n) is 2.79. The van der Waals surface area contributed by atoms with Crippen molar-refractivity contribution in [3.63, 3.8) is 0 Å². The third-order valence-corrected chi connectivity index (χ3v) is 4.30. The topological polar surface area (TPSA) is 58.6 Å². The summed E-state index contributed by atoms with van der Waals surface area (Å²) in [5, 5.41) is 2.70. The van der Waals surface area contributed by atoms with Crippen LogP contribution in [0, 0.1) is 0 Å². The number of methoxy groups -OCH3 is 1. The molecule has 0 saturated heterocycles. The van der Waals surface area contributed by atoms with Crippen molar-refractivity contribution in [3.8, 4) is 5.75 Å². The molecule has 0 aliphatic heterocycles. The first-order chi connectivity index (χ1) is 13.7. The number of hydrogen-bond donors (Lipinski definition) is 1. The van der Waals surface area contributed by atoms with Crippen LogP contribution >= 0.6 is 0 Å². The molecule has 1 N–H and O–H groups in total. The largest absolute Gasteiger partial charge is 0.497 e. The van der Waals surface area contributed by atoms with E-state index < -0.39 is 0 Å². The lowest BCUT2D eigenvalue weighted by Crippen LogP contribution is -2.40. The summed E-state index contributed by atoms with van der Waals surface area (Å²) in [6.45, 7) is 0.342. The Morgan fingerprint density at radius 1 is 0.857 bits per heavy atom. The van der Waals surface area contributed by atoms with Crippen molar-refractivity contribution >= 4 is 17.5 Å². The minimum absolute atomic E-state index is 0.0907. The van der Waals surface area contributed by atoms with Crippen LogP contribution in [-0.4, -0.2) is 25.5 Å². The average Bonchev–Trinajstić information content (AvgIpc) is 2.77. The summed E-state index contributed by atoms with van der Waals surface area (Å²) in [5.74, 6) is 0.186. The number of anilines is 1. The number of nitrogens with one attached hydrogen (secondary N) is 1. The highest BCUT2D eigenvalue weighted by molar-refractivity contribution is 6.00. The highest BCUT2D eigenvalue weighted by Crippen LogP contribution is 2.17. The molecule has 0 atom stereocenters. The van der Waals surface area contributed by atoms with Gasteiger partial charge in [0.2, 0.25) is 5.91 Å². The van der Waals surface area contributed by atoms with Crippen LogP contribution in [0.2, 0.25) is 0 Å². The standard InChI is InChI=1S/C23H22N2O3/c1-28-21-14-12-19(13-15-21)23(27)24-16-22(26)25(20-10-6-3-7-11-20)17-18-8-4-2-5-9-18/h2-15H,16-17H2,1H3,(H,24,27). The van der Waals surface area contributed by atoms with Gasteiger partial charge in [0.25, 0.3) is 5.91 Å². The SMILES string of the molecule is COc1ccc(C(=O)NCC(=O)N(Cc2ccccc2)c2ccccc2)cc1. The Balaban J connectivity index is 1.69. The third kappa shape index (κ3) is 4.98. The third-order valence-electron chi connectivity index (χ3n) is 4.30. The minimum Gasteiger partial charge on any atom is -0.497 e. The number of ether oxygens (including phenoxy) is 1. The zero-order valence-corrected chi connectivity index (χ0v) is 15.7. The number of nitrogens with zero attached hydrogens (tertiary/aromatic N) is 1. The van der Waals surface area contributed by atoms with Crippen LogP contribution in [0.5, 0.6) is 5.75 Å². The van der Waals surface area contributed by atoms with E-state index in [4.69, 9.17) is 4.74 Å². The molecule has 0 aromatic heterocycles. The van der Waals surface area contributed by atoms with E-state index in [1.807, 2.05) is 60.7 Å². The molecule has 0 fully saturated rings. The summed E-state index contributed by atoms with van der Waals surface area (Å²) in [5.41, 5.74) is 2.28. The summed E-state index contributed by atoms with van der Waals surface area (Å²) in [6.07, 6.45) is 0. The molecule has 2 amide bonds. The second-order valence-corrected chi connectivity index (χ2v) is 6.21. The van der Waals surface area contributed by atoms with Crippen LogP contribution in [0.25, 0.3) is 0 Å². The van der Waals surface area contributed by atoms with Crippen LogP contribution < -0.4 is 15.0 Å². The van der Waals surface area contributed by atoms with E-state index >= 15 is 0 Å². The highest BCUT2D eigenvalue weighted by Gasteiger charge is 2.17. The Hall–Kier alpha value is -3.60.